The van der Waals surface area contributed by atoms with E-state index < -0.39 is 17.6 Å². The summed E-state index contributed by atoms with van der Waals surface area (Å²) < 4.78 is 54.7. The molecule has 0 spiro atoms. The molecule has 1 heterocycles. The predicted molar refractivity (Wildman–Crippen MR) is 146 cm³/mol. The Hall–Kier alpha value is -3.61. The molecule has 1 aliphatic heterocycles. The lowest BCUT2D eigenvalue weighted by atomic mass is 10.1. The first-order chi connectivity index (χ1) is 18.0. The zero-order chi connectivity index (χ0) is 27.9. The van der Waals surface area contributed by atoms with Crippen LogP contribution in [0.25, 0.3) is 0 Å². The van der Waals surface area contributed by atoms with Crippen LogP contribution in [0.5, 0.6) is 0 Å². The average molecular weight is 554 g/mol. The number of hydrogen-bond donors (Lipinski definition) is 3. The number of nitrogens with zero attached hydrogens (tertiary/aromatic N) is 4. The van der Waals surface area contributed by atoms with Crippen molar-refractivity contribution in [3.8, 4) is 0 Å². The Morgan fingerprint density at radius 2 is 1.87 bits per heavy atom. The van der Waals surface area contributed by atoms with E-state index in [-0.39, 0.29) is 11.0 Å². The average Bonchev–Trinajstić information content (AvgIpc) is 2.86. The zero-order valence-electron chi connectivity index (χ0n) is 21.2. The highest BCUT2D eigenvalue weighted by Crippen LogP contribution is 2.33. The molecule has 38 heavy (non-hydrogen) atoms. The number of hydrazone groups is 1. The smallest absolute Gasteiger partial charge is 0.375 e. The van der Waals surface area contributed by atoms with Crippen LogP contribution in [0.2, 0.25) is 0 Å². The molecule has 0 bridgehead atoms. The Balaban J connectivity index is 1.78. The number of thiocarbonyl (C=S) groups is 1. The predicted octanol–water partition coefficient (Wildman–Crippen LogP) is 3.30. The van der Waals surface area contributed by atoms with Crippen molar-refractivity contribution in [3.63, 3.8) is 0 Å². The van der Waals surface area contributed by atoms with Gasteiger partial charge in [0, 0.05) is 70.2 Å². The van der Waals surface area contributed by atoms with E-state index in [2.05, 4.69) is 15.8 Å². The van der Waals surface area contributed by atoms with Crippen LogP contribution in [0.3, 0.4) is 0 Å². The number of piperazine rings is 1. The quantitative estimate of drug-likeness (QED) is 0.144. The van der Waals surface area contributed by atoms with Crippen LogP contribution in [0, 0.1) is 5.82 Å². The summed E-state index contributed by atoms with van der Waals surface area (Å²) in [4.78, 5) is 16.8. The van der Waals surface area contributed by atoms with E-state index in [0.717, 1.165) is 12.1 Å². The minimum absolute atomic E-state index is 0.0257. The fourth-order valence-electron chi connectivity index (χ4n) is 4.19. The summed E-state index contributed by atoms with van der Waals surface area (Å²) in [6.07, 6.45) is -2.32. The molecule has 8 nitrogen and oxygen atoms in total. The topological polar surface area (TPSA) is 89.2 Å². The summed E-state index contributed by atoms with van der Waals surface area (Å²) in [6.45, 7) is 4.25. The molecule has 0 aliphatic carbocycles. The number of halogens is 4. The van der Waals surface area contributed by atoms with Crippen LogP contribution in [-0.2, 0) is 11.0 Å². The molecule has 2 aromatic rings. The molecule has 1 saturated heterocycles. The molecule has 0 aromatic heterocycles. The number of amides is 1. The first kappa shape index (κ1) is 29.0. The van der Waals surface area contributed by atoms with Gasteiger partial charge in [-0.25, -0.2) is 4.39 Å². The summed E-state index contributed by atoms with van der Waals surface area (Å²) in [7, 11) is 1.86. The van der Waals surface area contributed by atoms with Crippen LogP contribution in [-0.4, -0.2) is 63.6 Å². The number of nitrogens with one attached hydrogen (secondary N) is 2. The monoisotopic (exact) mass is 553 g/mol. The molecule has 2 aromatic carbocycles. The van der Waals surface area contributed by atoms with Crippen molar-refractivity contribution >= 4 is 46.5 Å². The van der Waals surface area contributed by atoms with Gasteiger partial charge < -0.3 is 25.8 Å². The first-order valence-electron chi connectivity index (χ1n) is 12.0. The Morgan fingerprint density at radius 1 is 1.18 bits per heavy atom. The van der Waals surface area contributed by atoms with Crippen molar-refractivity contribution in [2.75, 3.05) is 61.0 Å². The van der Waals surface area contributed by atoms with Crippen molar-refractivity contribution in [1.29, 1.82) is 0 Å². The molecular weight excluding hydrogens is 522 g/mol. The van der Waals surface area contributed by atoms with Crippen molar-refractivity contribution in [3.05, 3.63) is 53.3 Å². The highest BCUT2D eigenvalue weighted by atomic mass is 32.1. The highest BCUT2D eigenvalue weighted by molar-refractivity contribution is 7.80. The number of hydrogen-bond acceptors (Lipinski definition) is 6. The molecular formula is C25H31F4N7OS. The SMILES string of the molecule is CC(=O)NCCCN(C)c1cc(N2CCN(c3cccc(C(F)(F)F)c3)CC2)c(F)cc1C=NNC(N)=S. The van der Waals surface area contributed by atoms with E-state index >= 15 is 4.39 Å². The second-order valence-electron chi connectivity index (χ2n) is 8.88. The van der Waals surface area contributed by atoms with Crippen LogP contribution < -0.4 is 31.2 Å². The van der Waals surface area contributed by atoms with E-state index in [4.69, 9.17) is 18.0 Å². The van der Waals surface area contributed by atoms with Crippen LogP contribution in [0.1, 0.15) is 24.5 Å². The molecule has 4 N–H and O–H groups in total. The number of nitrogens with two attached hydrogens (primary N) is 1. The number of benzene rings is 2. The Bertz CT molecular complexity index is 1170. The molecule has 0 atom stereocenters. The second-order valence-corrected chi connectivity index (χ2v) is 9.32. The Kier molecular flexibility index (Phi) is 9.72. The third-order valence-electron chi connectivity index (χ3n) is 6.09. The minimum atomic E-state index is -4.42. The number of anilines is 3. The van der Waals surface area contributed by atoms with E-state index in [1.165, 1.54) is 25.3 Å². The Labute approximate surface area is 224 Å². The van der Waals surface area contributed by atoms with Gasteiger partial charge in [-0.3, -0.25) is 10.2 Å². The van der Waals surface area contributed by atoms with Gasteiger partial charge in [0.05, 0.1) is 17.5 Å². The normalized spacial score (nSPS) is 14.1. The maximum absolute atomic E-state index is 15.3. The van der Waals surface area contributed by atoms with Crippen LogP contribution in [0.4, 0.5) is 34.6 Å². The zero-order valence-corrected chi connectivity index (χ0v) is 22.0. The second kappa shape index (κ2) is 12.8. The highest BCUT2D eigenvalue weighted by Gasteiger charge is 2.31. The van der Waals surface area contributed by atoms with Gasteiger partial charge in [-0.15, -0.1) is 0 Å². The molecule has 13 heteroatoms. The molecule has 0 saturated carbocycles. The summed E-state index contributed by atoms with van der Waals surface area (Å²) in [5.41, 5.74) is 9.25. The van der Waals surface area contributed by atoms with E-state index in [0.29, 0.717) is 68.3 Å². The molecule has 1 amide bonds. The molecule has 206 valence electrons. The van der Waals surface area contributed by atoms with Gasteiger partial charge in [0.15, 0.2) is 5.11 Å². The lowest BCUT2D eigenvalue weighted by Gasteiger charge is -2.38. The number of carbonyl (C=O) groups excluding carboxylic acids is 1. The summed E-state index contributed by atoms with van der Waals surface area (Å²) in [5, 5.41) is 6.69. The van der Waals surface area contributed by atoms with Crippen LogP contribution in [0.15, 0.2) is 41.5 Å². The van der Waals surface area contributed by atoms with Crippen LogP contribution >= 0.6 is 12.2 Å². The van der Waals surface area contributed by atoms with Gasteiger partial charge >= 0.3 is 6.18 Å². The van der Waals surface area contributed by atoms with Crippen molar-refractivity contribution in [2.24, 2.45) is 10.8 Å². The summed E-state index contributed by atoms with van der Waals surface area (Å²) in [5.74, 6) is -0.567. The number of carbonyl (C=O) groups is 1. The third kappa shape index (κ3) is 7.94. The molecule has 0 unspecified atom stereocenters. The van der Waals surface area contributed by atoms with Gasteiger partial charge in [0.1, 0.15) is 5.82 Å². The maximum atomic E-state index is 15.3. The standard InChI is InChI=1S/C25H31F4N7OS/c1-17(37)31-7-4-8-34(2)22-15-23(21(26)13-18(22)16-32-33-24(30)38)36-11-9-35(10-12-36)20-6-3-5-19(14-20)25(27,28)29/h3,5-6,13-16H,4,7-12H2,1-2H3,(H,31,37)(H3,30,33,38). The van der Waals surface area contributed by atoms with Gasteiger partial charge in [0.25, 0.3) is 0 Å². The fraction of sp³-hybridized carbons (Fsp3) is 0.400. The van der Waals surface area contributed by atoms with Crippen molar-refractivity contribution in [1.82, 2.24) is 10.7 Å². The minimum Gasteiger partial charge on any atom is -0.375 e. The molecule has 3 rings (SSSR count). The third-order valence-corrected chi connectivity index (χ3v) is 6.18. The summed E-state index contributed by atoms with van der Waals surface area (Å²) in [6, 6.07) is 8.33. The number of alkyl halides is 3. The van der Waals surface area contributed by atoms with Gasteiger partial charge in [0.2, 0.25) is 5.91 Å². The fourth-order valence-corrected chi connectivity index (χ4v) is 4.25. The first-order valence-corrected chi connectivity index (χ1v) is 12.4. The molecule has 0 radical (unpaired) electrons. The largest absolute Gasteiger partial charge is 0.416 e. The van der Waals surface area contributed by atoms with Gasteiger partial charge in [-0.05, 0) is 49.0 Å². The van der Waals surface area contributed by atoms with E-state index in [9.17, 15) is 18.0 Å². The van der Waals surface area contributed by atoms with E-state index in [1.807, 2.05) is 21.7 Å². The molecule has 1 aliphatic rings. The lowest BCUT2D eigenvalue weighted by molar-refractivity contribution is -0.137. The number of rotatable bonds is 9. The van der Waals surface area contributed by atoms with Crippen molar-refractivity contribution in [2.45, 2.75) is 19.5 Å². The maximum Gasteiger partial charge on any atom is 0.416 e. The van der Waals surface area contributed by atoms with Gasteiger partial charge in [-0.1, -0.05) is 6.07 Å². The summed E-state index contributed by atoms with van der Waals surface area (Å²) >= 11 is 4.76. The van der Waals surface area contributed by atoms with Gasteiger partial charge in [-0.2, -0.15) is 18.3 Å². The lowest BCUT2D eigenvalue weighted by Crippen LogP contribution is -2.47. The molecule has 1 fully saturated rings. The van der Waals surface area contributed by atoms with Crippen molar-refractivity contribution < 1.29 is 22.4 Å². The Morgan fingerprint density at radius 3 is 2.50 bits per heavy atom. The van der Waals surface area contributed by atoms with E-state index in [1.54, 1.807) is 12.1 Å².